The molecule has 0 heterocycles. The molecule has 0 bridgehead atoms. The number of nitro benzene ring substituents is 1. The van der Waals surface area contributed by atoms with Gasteiger partial charge in [-0.2, -0.15) is 0 Å². The molecule has 0 amide bonds. The van der Waals surface area contributed by atoms with E-state index in [4.69, 9.17) is 5.73 Å². The van der Waals surface area contributed by atoms with Gasteiger partial charge in [0.2, 0.25) is 0 Å². The summed E-state index contributed by atoms with van der Waals surface area (Å²) in [5, 5.41) is 20.0. The third-order valence-electron chi connectivity index (χ3n) is 2.78. The van der Waals surface area contributed by atoms with E-state index >= 15 is 0 Å². The Balaban J connectivity index is 2.45. The second kappa shape index (κ2) is 3.71. The molecule has 1 aromatic carbocycles. The van der Waals surface area contributed by atoms with Gasteiger partial charge in [0, 0.05) is 17.7 Å². The predicted octanol–water partition coefficient (Wildman–Crippen LogP) is 1.85. The van der Waals surface area contributed by atoms with Crippen LogP contribution < -0.4 is 5.73 Å². The quantitative estimate of drug-likeness (QED) is 0.608. The summed E-state index contributed by atoms with van der Waals surface area (Å²) in [5.41, 5.74) is 5.52. The van der Waals surface area contributed by atoms with Gasteiger partial charge in [-0.25, -0.2) is 4.39 Å². The van der Waals surface area contributed by atoms with Gasteiger partial charge in [-0.15, -0.1) is 0 Å². The van der Waals surface area contributed by atoms with Gasteiger partial charge in [0.25, 0.3) is 5.69 Å². The molecule has 2 rings (SSSR count). The molecule has 0 saturated heterocycles. The minimum Gasteiger partial charge on any atom is -0.505 e. The molecule has 0 radical (unpaired) electrons. The molecule has 1 saturated carbocycles. The van der Waals surface area contributed by atoms with E-state index in [0.717, 1.165) is 18.9 Å². The molecule has 6 heteroatoms. The Morgan fingerprint density at radius 3 is 2.69 bits per heavy atom. The molecule has 1 fully saturated rings. The first kappa shape index (κ1) is 10.8. The maximum absolute atomic E-state index is 13.2. The summed E-state index contributed by atoms with van der Waals surface area (Å²) in [4.78, 5) is 9.84. The van der Waals surface area contributed by atoms with Gasteiger partial charge < -0.3 is 10.8 Å². The molecule has 0 aromatic heterocycles. The van der Waals surface area contributed by atoms with Crippen molar-refractivity contribution in [2.24, 2.45) is 11.7 Å². The second-order valence-electron chi connectivity index (χ2n) is 3.99. The van der Waals surface area contributed by atoms with Crippen molar-refractivity contribution < 1.29 is 14.4 Å². The lowest BCUT2D eigenvalue weighted by atomic mass is 10.0. The van der Waals surface area contributed by atoms with Crippen molar-refractivity contribution in [2.75, 3.05) is 0 Å². The fourth-order valence-electron chi connectivity index (χ4n) is 1.67. The summed E-state index contributed by atoms with van der Waals surface area (Å²) in [6, 6.07) is 1.30. The maximum atomic E-state index is 13.2. The number of rotatable bonds is 3. The number of halogens is 1. The fourth-order valence-corrected chi connectivity index (χ4v) is 1.67. The average molecular weight is 226 g/mol. The predicted molar refractivity (Wildman–Crippen MR) is 54.4 cm³/mol. The molecule has 3 N–H and O–H groups in total. The van der Waals surface area contributed by atoms with Crippen molar-refractivity contribution in [3.8, 4) is 5.75 Å². The average Bonchev–Trinajstić information content (AvgIpc) is 3.04. The molecular formula is C10H11FN2O3. The number of hydrogen-bond donors (Lipinski definition) is 2. The van der Waals surface area contributed by atoms with Gasteiger partial charge in [-0.1, -0.05) is 0 Å². The van der Waals surface area contributed by atoms with Crippen LogP contribution in [0.4, 0.5) is 10.1 Å². The lowest BCUT2D eigenvalue weighted by molar-refractivity contribution is -0.385. The monoisotopic (exact) mass is 226 g/mol. The van der Waals surface area contributed by atoms with Crippen LogP contribution in [0.2, 0.25) is 0 Å². The Hall–Kier alpha value is -1.69. The molecular weight excluding hydrogens is 215 g/mol. The molecule has 1 aromatic rings. The third kappa shape index (κ3) is 1.83. The van der Waals surface area contributed by atoms with Crippen LogP contribution in [0.25, 0.3) is 0 Å². The van der Waals surface area contributed by atoms with Gasteiger partial charge in [0.05, 0.1) is 11.0 Å². The zero-order valence-corrected chi connectivity index (χ0v) is 8.39. The molecule has 1 aliphatic carbocycles. The highest BCUT2D eigenvalue weighted by atomic mass is 19.1. The number of non-ortho nitro benzene ring substituents is 1. The molecule has 1 atom stereocenters. The summed E-state index contributed by atoms with van der Waals surface area (Å²) in [6.45, 7) is 0. The molecule has 16 heavy (non-hydrogen) atoms. The van der Waals surface area contributed by atoms with E-state index in [9.17, 15) is 19.6 Å². The van der Waals surface area contributed by atoms with Crippen LogP contribution in [0.15, 0.2) is 12.1 Å². The number of nitrogens with two attached hydrogens (primary N) is 1. The number of phenols is 1. The van der Waals surface area contributed by atoms with E-state index in [2.05, 4.69) is 0 Å². The topological polar surface area (TPSA) is 89.4 Å². The first-order valence-electron chi connectivity index (χ1n) is 4.93. The van der Waals surface area contributed by atoms with Crippen LogP contribution in [0.5, 0.6) is 5.75 Å². The smallest absolute Gasteiger partial charge is 0.272 e. The molecule has 1 aliphatic rings. The standard InChI is InChI=1S/C10H11FN2O3/c11-8-4-6(13(15)16)3-7(10(8)14)9(12)5-1-2-5/h3-5,9,14H,1-2,12H2/t9-/m0/s1. The Morgan fingerprint density at radius 2 is 2.19 bits per heavy atom. The van der Waals surface area contributed by atoms with Gasteiger partial charge in [0.1, 0.15) is 0 Å². The zero-order chi connectivity index (χ0) is 11.9. The van der Waals surface area contributed by atoms with Crippen molar-refractivity contribution in [3.63, 3.8) is 0 Å². The van der Waals surface area contributed by atoms with Crippen LogP contribution in [-0.2, 0) is 0 Å². The van der Waals surface area contributed by atoms with Crippen molar-refractivity contribution >= 4 is 5.69 Å². The van der Waals surface area contributed by atoms with Gasteiger partial charge in [-0.3, -0.25) is 10.1 Å². The van der Waals surface area contributed by atoms with Gasteiger partial charge >= 0.3 is 0 Å². The van der Waals surface area contributed by atoms with E-state index in [0.29, 0.717) is 6.07 Å². The van der Waals surface area contributed by atoms with E-state index in [1.807, 2.05) is 0 Å². The minimum absolute atomic E-state index is 0.120. The van der Waals surface area contributed by atoms with Crippen LogP contribution in [0.3, 0.4) is 0 Å². The van der Waals surface area contributed by atoms with E-state index in [1.54, 1.807) is 0 Å². The van der Waals surface area contributed by atoms with Crippen molar-refractivity contribution in [1.82, 2.24) is 0 Å². The first-order valence-corrected chi connectivity index (χ1v) is 4.93. The SMILES string of the molecule is N[C@H](c1cc([N+](=O)[O-])cc(F)c1O)C1CC1. The summed E-state index contributed by atoms with van der Waals surface area (Å²) >= 11 is 0. The maximum Gasteiger partial charge on any atom is 0.272 e. The highest BCUT2D eigenvalue weighted by Crippen LogP contribution is 2.43. The molecule has 0 spiro atoms. The number of benzene rings is 1. The highest BCUT2D eigenvalue weighted by Gasteiger charge is 2.33. The van der Waals surface area contributed by atoms with Crippen LogP contribution in [-0.4, -0.2) is 10.0 Å². The number of nitrogens with zero attached hydrogens (tertiary/aromatic N) is 1. The van der Waals surface area contributed by atoms with E-state index in [-0.39, 0.29) is 17.2 Å². The summed E-state index contributed by atoms with van der Waals surface area (Å²) < 4.78 is 13.2. The number of nitro groups is 1. The van der Waals surface area contributed by atoms with Crippen LogP contribution in [0, 0.1) is 21.8 Å². The fraction of sp³-hybridized carbons (Fsp3) is 0.400. The number of aromatic hydroxyl groups is 1. The Morgan fingerprint density at radius 1 is 1.56 bits per heavy atom. The number of hydrogen-bond acceptors (Lipinski definition) is 4. The molecule has 5 nitrogen and oxygen atoms in total. The Bertz CT molecular complexity index is 446. The highest BCUT2D eigenvalue weighted by molar-refractivity contribution is 5.46. The first-order chi connectivity index (χ1) is 7.50. The van der Waals surface area contributed by atoms with Crippen molar-refractivity contribution in [1.29, 1.82) is 0 Å². The van der Waals surface area contributed by atoms with Gasteiger partial charge in [0.15, 0.2) is 11.6 Å². The normalized spacial score (nSPS) is 17.1. The Kier molecular flexibility index (Phi) is 2.51. The summed E-state index contributed by atoms with van der Waals surface area (Å²) in [7, 11) is 0. The van der Waals surface area contributed by atoms with Crippen LogP contribution >= 0.6 is 0 Å². The molecule has 0 unspecified atom stereocenters. The minimum atomic E-state index is -1.000. The Labute approximate surface area is 90.8 Å². The largest absolute Gasteiger partial charge is 0.505 e. The number of phenolic OH excluding ortho intramolecular Hbond substituents is 1. The summed E-state index contributed by atoms with van der Waals surface area (Å²) in [5.74, 6) is -1.39. The van der Waals surface area contributed by atoms with Crippen LogP contribution in [0.1, 0.15) is 24.4 Å². The molecule has 86 valence electrons. The molecule has 0 aliphatic heterocycles. The second-order valence-corrected chi connectivity index (χ2v) is 3.99. The van der Waals surface area contributed by atoms with Gasteiger partial charge in [-0.05, 0) is 18.8 Å². The lowest BCUT2D eigenvalue weighted by Gasteiger charge is -2.12. The zero-order valence-electron chi connectivity index (χ0n) is 8.39. The summed E-state index contributed by atoms with van der Waals surface area (Å²) in [6.07, 6.45) is 1.82. The van der Waals surface area contributed by atoms with Crippen molar-refractivity contribution in [3.05, 3.63) is 33.6 Å². The van der Waals surface area contributed by atoms with E-state index < -0.39 is 22.5 Å². The lowest BCUT2D eigenvalue weighted by Crippen LogP contribution is -2.13. The third-order valence-corrected chi connectivity index (χ3v) is 2.78. The van der Waals surface area contributed by atoms with Crippen molar-refractivity contribution in [2.45, 2.75) is 18.9 Å². The van der Waals surface area contributed by atoms with E-state index in [1.165, 1.54) is 0 Å².